The van der Waals surface area contributed by atoms with Gasteiger partial charge in [-0.05, 0) is 61.7 Å². The average Bonchev–Trinajstić information content (AvgIpc) is 2.39. The third-order valence-corrected chi connectivity index (χ3v) is 6.39. The Morgan fingerprint density at radius 2 is 1.32 bits per heavy atom. The van der Waals surface area contributed by atoms with Gasteiger partial charge in [0, 0.05) is 6.42 Å². The van der Waals surface area contributed by atoms with Gasteiger partial charge in [0.1, 0.15) is 0 Å². The fourth-order valence-corrected chi connectivity index (χ4v) is 5.79. The van der Waals surface area contributed by atoms with E-state index in [0.29, 0.717) is 37.0 Å². The first-order chi connectivity index (χ1) is 11.4. The van der Waals surface area contributed by atoms with E-state index in [1.807, 2.05) is 0 Å². The van der Waals surface area contributed by atoms with E-state index < -0.39 is 35.8 Å². The zero-order chi connectivity index (χ0) is 18.7. The Hall–Kier alpha value is -0.950. The van der Waals surface area contributed by atoms with Crippen LogP contribution in [0.4, 0.5) is 26.3 Å². The van der Waals surface area contributed by atoms with Gasteiger partial charge in [-0.25, -0.2) is 0 Å². The third kappa shape index (κ3) is 3.14. The second kappa shape index (κ2) is 5.78. The molecule has 0 aromatic heterocycles. The van der Waals surface area contributed by atoms with E-state index >= 15 is 0 Å². The van der Waals surface area contributed by atoms with E-state index in [9.17, 15) is 31.1 Å². The molecule has 0 heterocycles. The molecule has 0 aliphatic heterocycles. The van der Waals surface area contributed by atoms with Crippen LogP contribution in [0.3, 0.4) is 0 Å². The van der Waals surface area contributed by atoms with Crippen molar-refractivity contribution in [1.29, 1.82) is 0 Å². The first-order valence-electron chi connectivity index (χ1n) is 8.75. The molecule has 0 spiro atoms. The summed E-state index contributed by atoms with van der Waals surface area (Å²) in [6.45, 7) is 0.735. The van der Waals surface area contributed by atoms with Crippen molar-refractivity contribution < 1.29 is 35.9 Å². The standard InChI is InChI=1S/C17H22F6O2/c1-2-15(16(18,19)20,17(21,22)23)25-13(24)9-14-6-10-3-11(7-14)5-12(4-10)8-14/h10-12H,2-9H2,1H3. The molecule has 2 nitrogen and oxygen atoms in total. The van der Waals surface area contributed by atoms with Crippen LogP contribution in [0.25, 0.3) is 0 Å². The van der Waals surface area contributed by atoms with Crippen LogP contribution >= 0.6 is 0 Å². The Bertz CT molecular complexity index is 487. The Balaban J connectivity index is 1.77. The van der Waals surface area contributed by atoms with Gasteiger partial charge in [0.2, 0.25) is 0 Å². The van der Waals surface area contributed by atoms with Gasteiger partial charge in [-0.1, -0.05) is 6.92 Å². The Morgan fingerprint density at radius 3 is 1.64 bits per heavy atom. The van der Waals surface area contributed by atoms with Crippen LogP contribution < -0.4 is 0 Å². The summed E-state index contributed by atoms with van der Waals surface area (Å²) < 4.78 is 83.0. The quantitative estimate of drug-likeness (QED) is 0.487. The number of halogens is 6. The number of esters is 1. The molecule has 4 aliphatic rings. The molecule has 8 heteroatoms. The van der Waals surface area contributed by atoms with Gasteiger partial charge < -0.3 is 4.74 Å². The smallest absolute Gasteiger partial charge is 0.437 e. The minimum atomic E-state index is -5.70. The molecule has 0 radical (unpaired) electrons. The lowest BCUT2D eigenvalue weighted by Gasteiger charge is -2.56. The summed E-state index contributed by atoms with van der Waals surface area (Å²) in [7, 11) is 0. The van der Waals surface area contributed by atoms with E-state index in [4.69, 9.17) is 0 Å². The fourth-order valence-electron chi connectivity index (χ4n) is 5.79. The first-order valence-corrected chi connectivity index (χ1v) is 8.75. The first kappa shape index (κ1) is 18.8. The lowest BCUT2D eigenvalue weighted by Crippen LogP contribution is -2.59. The van der Waals surface area contributed by atoms with E-state index in [1.165, 1.54) is 0 Å². The average molecular weight is 372 g/mol. The maximum absolute atomic E-state index is 13.1. The molecule has 0 saturated heterocycles. The zero-order valence-corrected chi connectivity index (χ0v) is 14.0. The summed E-state index contributed by atoms with van der Waals surface area (Å²) in [4.78, 5) is 12.2. The Labute approximate surface area is 142 Å². The van der Waals surface area contributed by atoms with E-state index in [0.717, 1.165) is 26.2 Å². The van der Waals surface area contributed by atoms with Gasteiger partial charge in [0.15, 0.2) is 0 Å². The van der Waals surface area contributed by atoms with Crippen molar-refractivity contribution in [2.75, 3.05) is 0 Å². The van der Waals surface area contributed by atoms with Crippen LogP contribution in [-0.4, -0.2) is 23.9 Å². The van der Waals surface area contributed by atoms with Crippen LogP contribution in [0.1, 0.15) is 58.3 Å². The van der Waals surface area contributed by atoms with Gasteiger partial charge in [-0.3, -0.25) is 4.79 Å². The molecule has 0 aromatic carbocycles. The fraction of sp³-hybridized carbons (Fsp3) is 0.941. The number of alkyl halides is 6. The highest BCUT2D eigenvalue weighted by atomic mass is 19.4. The predicted octanol–water partition coefficient (Wildman–Crippen LogP) is 5.41. The molecule has 4 rings (SSSR count). The minimum Gasteiger partial charge on any atom is -0.439 e. The van der Waals surface area contributed by atoms with Crippen molar-refractivity contribution in [3.8, 4) is 0 Å². The van der Waals surface area contributed by atoms with Crippen LogP contribution in [0.5, 0.6) is 0 Å². The predicted molar refractivity (Wildman–Crippen MR) is 76.4 cm³/mol. The summed E-state index contributed by atoms with van der Waals surface area (Å²) in [5.41, 5.74) is -4.89. The maximum atomic E-state index is 13.1. The summed E-state index contributed by atoms with van der Waals surface area (Å²) in [6, 6.07) is 0. The van der Waals surface area contributed by atoms with E-state index in [-0.39, 0.29) is 6.42 Å². The molecule has 144 valence electrons. The van der Waals surface area contributed by atoms with Gasteiger partial charge in [0.05, 0.1) is 6.42 Å². The topological polar surface area (TPSA) is 26.3 Å². The normalized spacial score (nSPS) is 35.1. The molecule has 4 aliphatic carbocycles. The molecule has 0 N–H and O–H groups in total. The van der Waals surface area contributed by atoms with Crippen molar-refractivity contribution in [1.82, 2.24) is 0 Å². The molecule has 25 heavy (non-hydrogen) atoms. The van der Waals surface area contributed by atoms with Crippen LogP contribution in [-0.2, 0) is 9.53 Å². The molecule has 4 saturated carbocycles. The van der Waals surface area contributed by atoms with Crippen molar-refractivity contribution >= 4 is 5.97 Å². The number of hydrogen-bond acceptors (Lipinski definition) is 2. The number of rotatable bonds is 4. The van der Waals surface area contributed by atoms with Crippen molar-refractivity contribution in [3.63, 3.8) is 0 Å². The summed E-state index contributed by atoms with van der Waals surface area (Å²) in [5, 5.41) is 0. The van der Waals surface area contributed by atoms with Gasteiger partial charge >= 0.3 is 23.9 Å². The molecule has 4 bridgehead atoms. The highest BCUT2D eigenvalue weighted by molar-refractivity contribution is 5.71. The molecular weight excluding hydrogens is 350 g/mol. The van der Waals surface area contributed by atoms with Gasteiger partial charge in [-0.2, -0.15) is 26.3 Å². The molecular formula is C17H22F6O2. The van der Waals surface area contributed by atoms with Gasteiger partial charge in [-0.15, -0.1) is 0 Å². The lowest BCUT2D eigenvalue weighted by molar-refractivity contribution is -0.371. The second-order valence-electron chi connectivity index (χ2n) is 8.24. The van der Waals surface area contributed by atoms with Crippen molar-refractivity contribution in [3.05, 3.63) is 0 Å². The number of hydrogen-bond donors (Lipinski definition) is 0. The van der Waals surface area contributed by atoms with E-state index in [2.05, 4.69) is 4.74 Å². The zero-order valence-electron chi connectivity index (χ0n) is 14.0. The Morgan fingerprint density at radius 1 is 0.920 bits per heavy atom. The molecule has 0 atom stereocenters. The highest BCUT2D eigenvalue weighted by Crippen LogP contribution is 2.61. The summed E-state index contributed by atoms with van der Waals surface area (Å²) in [5.74, 6) is -0.0425. The lowest BCUT2D eigenvalue weighted by atomic mass is 9.49. The molecule has 0 aromatic rings. The molecule has 0 unspecified atom stereocenters. The van der Waals surface area contributed by atoms with Crippen molar-refractivity contribution in [2.24, 2.45) is 23.2 Å². The highest BCUT2D eigenvalue weighted by Gasteiger charge is 2.73. The second-order valence-corrected chi connectivity index (χ2v) is 8.24. The van der Waals surface area contributed by atoms with Crippen LogP contribution in [0, 0.1) is 23.2 Å². The number of carbonyl (C=O) groups excluding carboxylic acids is 1. The monoisotopic (exact) mass is 372 g/mol. The maximum Gasteiger partial charge on any atom is 0.437 e. The molecule has 0 amide bonds. The minimum absolute atomic E-state index is 0.343. The van der Waals surface area contributed by atoms with Crippen LogP contribution in [0.15, 0.2) is 0 Å². The third-order valence-electron chi connectivity index (χ3n) is 6.39. The van der Waals surface area contributed by atoms with E-state index in [1.54, 1.807) is 0 Å². The van der Waals surface area contributed by atoms with Crippen LogP contribution in [0.2, 0.25) is 0 Å². The van der Waals surface area contributed by atoms with Gasteiger partial charge in [0.25, 0.3) is 0 Å². The summed E-state index contributed by atoms with van der Waals surface area (Å²) >= 11 is 0. The summed E-state index contributed by atoms with van der Waals surface area (Å²) in [6.07, 6.45) is -7.78. The SMILES string of the molecule is CCC(OC(=O)CC12CC3CC(CC(C3)C1)C2)(C(F)(F)F)C(F)(F)F. The number of carbonyl (C=O) groups is 1. The van der Waals surface area contributed by atoms with Crippen molar-refractivity contribution in [2.45, 2.75) is 76.2 Å². The largest absolute Gasteiger partial charge is 0.439 e. The number of ether oxygens (including phenoxy) is 1. The Kier molecular flexibility index (Phi) is 4.35. The molecule has 4 fully saturated rings.